The Labute approximate surface area is 128 Å². The molecule has 0 aromatic heterocycles. The van der Waals surface area contributed by atoms with Crippen LogP contribution in [0.1, 0.15) is 22.3 Å². The maximum absolute atomic E-state index is 12.2. The van der Waals surface area contributed by atoms with Crippen LogP contribution in [-0.4, -0.2) is 59.5 Å². The van der Waals surface area contributed by atoms with Crippen molar-refractivity contribution >= 4 is 12.0 Å². The summed E-state index contributed by atoms with van der Waals surface area (Å²) in [5.41, 5.74) is 1.01. The van der Waals surface area contributed by atoms with E-state index in [9.17, 15) is 14.7 Å². The lowest BCUT2D eigenvalue weighted by Gasteiger charge is -2.23. The number of benzene rings is 1. The monoisotopic (exact) mass is 308 g/mol. The molecule has 1 aliphatic heterocycles. The molecule has 0 spiro atoms. The van der Waals surface area contributed by atoms with Gasteiger partial charge in [-0.3, -0.25) is 0 Å². The topological polar surface area (TPSA) is 99.1 Å². The molecule has 1 fully saturated rings. The first-order valence-corrected chi connectivity index (χ1v) is 7.05. The Bertz CT molecular complexity index is 531. The Hall–Kier alpha value is -2.12. The van der Waals surface area contributed by atoms with E-state index in [-0.39, 0.29) is 30.3 Å². The number of carboxylic acid groups (broad SMARTS) is 1. The number of aliphatic hydroxyl groups excluding tert-OH is 1. The molecule has 120 valence electrons. The van der Waals surface area contributed by atoms with Crippen LogP contribution in [0.5, 0.6) is 0 Å². The van der Waals surface area contributed by atoms with Gasteiger partial charge in [-0.05, 0) is 24.1 Å². The standard InChI is InChI=1S/C15H20N2O5/c1-22-13-6-12(9-18)17(8-13)15(21)16-7-10-2-4-11(5-3-10)14(19)20/h2-5,12-13,18H,6-9H2,1H3,(H,16,21)(H,19,20)/t12-,13-/m0/s1. The molecular weight excluding hydrogens is 288 g/mol. The van der Waals surface area contributed by atoms with Crippen LogP contribution in [0.2, 0.25) is 0 Å². The summed E-state index contributed by atoms with van der Waals surface area (Å²) in [5, 5.41) is 20.9. The van der Waals surface area contributed by atoms with Crippen LogP contribution in [0, 0.1) is 0 Å². The van der Waals surface area contributed by atoms with Gasteiger partial charge in [-0.1, -0.05) is 12.1 Å². The highest BCUT2D eigenvalue weighted by atomic mass is 16.5. The van der Waals surface area contributed by atoms with Gasteiger partial charge >= 0.3 is 12.0 Å². The van der Waals surface area contributed by atoms with Gasteiger partial charge in [0, 0.05) is 20.2 Å². The van der Waals surface area contributed by atoms with Crippen molar-refractivity contribution in [2.75, 3.05) is 20.3 Å². The molecule has 0 bridgehead atoms. The van der Waals surface area contributed by atoms with Crippen molar-refractivity contribution in [3.63, 3.8) is 0 Å². The van der Waals surface area contributed by atoms with Gasteiger partial charge in [-0.15, -0.1) is 0 Å². The summed E-state index contributed by atoms with van der Waals surface area (Å²) in [6.07, 6.45) is 0.561. The largest absolute Gasteiger partial charge is 0.478 e. The Kier molecular flexibility index (Phi) is 5.35. The number of rotatable bonds is 5. The highest BCUT2D eigenvalue weighted by molar-refractivity contribution is 5.87. The smallest absolute Gasteiger partial charge is 0.335 e. The number of urea groups is 1. The normalized spacial score (nSPS) is 20.9. The molecule has 0 aliphatic carbocycles. The molecule has 22 heavy (non-hydrogen) atoms. The summed E-state index contributed by atoms with van der Waals surface area (Å²) in [6.45, 7) is 0.650. The summed E-state index contributed by atoms with van der Waals surface area (Å²) in [4.78, 5) is 24.5. The number of nitrogens with zero attached hydrogens (tertiary/aromatic N) is 1. The third-order valence-electron chi connectivity index (χ3n) is 3.83. The number of ether oxygens (including phenoxy) is 1. The molecule has 1 aromatic rings. The molecule has 0 radical (unpaired) electrons. The quantitative estimate of drug-likeness (QED) is 0.743. The van der Waals surface area contributed by atoms with Crippen LogP contribution in [0.15, 0.2) is 24.3 Å². The third kappa shape index (κ3) is 3.75. The van der Waals surface area contributed by atoms with Gasteiger partial charge < -0.3 is 25.2 Å². The number of aromatic carboxylic acids is 1. The van der Waals surface area contributed by atoms with Crippen molar-refractivity contribution in [3.05, 3.63) is 35.4 Å². The Morgan fingerprint density at radius 1 is 1.36 bits per heavy atom. The van der Waals surface area contributed by atoms with E-state index in [2.05, 4.69) is 5.32 Å². The Morgan fingerprint density at radius 3 is 2.59 bits per heavy atom. The predicted octanol–water partition coefficient (Wildman–Crippen LogP) is 0.676. The fraction of sp³-hybridized carbons (Fsp3) is 0.467. The van der Waals surface area contributed by atoms with Crippen LogP contribution in [-0.2, 0) is 11.3 Å². The molecule has 2 atom stereocenters. The third-order valence-corrected chi connectivity index (χ3v) is 3.83. The number of nitrogens with one attached hydrogen (secondary N) is 1. The van der Waals surface area contributed by atoms with Gasteiger partial charge in [-0.2, -0.15) is 0 Å². The maximum Gasteiger partial charge on any atom is 0.335 e. The van der Waals surface area contributed by atoms with E-state index in [0.29, 0.717) is 19.5 Å². The molecule has 7 nitrogen and oxygen atoms in total. The van der Waals surface area contributed by atoms with E-state index in [4.69, 9.17) is 9.84 Å². The summed E-state index contributed by atoms with van der Waals surface area (Å²) in [5.74, 6) is -0.982. The second kappa shape index (κ2) is 7.24. The molecule has 3 N–H and O–H groups in total. The minimum absolute atomic E-state index is 0.0576. The number of carboxylic acids is 1. The summed E-state index contributed by atoms with van der Waals surface area (Å²) in [6, 6.07) is 5.82. The number of carbonyl (C=O) groups is 2. The van der Waals surface area contributed by atoms with E-state index in [1.807, 2.05) is 0 Å². The summed E-state index contributed by atoms with van der Waals surface area (Å²) in [7, 11) is 1.59. The molecule has 1 aliphatic rings. The number of hydrogen-bond donors (Lipinski definition) is 3. The Balaban J connectivity index is 1.90. The first-order chi connectivity index (χ1) is 10.5. The lowest BCUT2D eigenvalue weighted by Crippen LogP contribution is -2.44. The fourth-order valence-corrected chi connectivity index (χ4v) is 2.51. The minimum atomic E-state index is -0.982. The van der Waals surface area contributed by atoms with Gasteiger partial charge in [-0.25, -0.2) is 9.59 Å². The second-order valence-electron chi connectivity index (χ2n) is 5.24. The number of carbonyl (C=O) groups excluding carboxylic acids is 1. The summed E-state index contributed by atoms with van der Waals surface area (Å²) < 4.78 is 5.23. The van der Waals surface area contributed by atoms with Crippen LogP contribution < -0.4 is 5.32 Å². The van der Waals surface area contributed by atoms with Crippen molar-refractivity contribution in [1.82, 2.24) is 10.2 Å². The molecule has 0 saturated carbocycles. The lowest BCUT2D eigenvalue weighted by atomic mass is 10.1. The zero-order valence-electron chi connectivity index (χ0n) is 12.4. The first kappa shape index (κ1) is 16.3. The van der Waals surface area contributed by atoms with Crippen molar-refractivity contribution in [2.45, 2.75) is 25.1 Å². The Morgan fingerprint density at radius 2 is 2.05 bits per heavy atom. The zero-order chi connectivity index (χ0) is 16.1. The zero-order valence-corrected chi connectivity index (χ0v) is 12.4. The predicted molar refractivity (Wildman–Crippen MR) is 78.6 cm³/mol. The molecule has 1 saturated heterocycles. The average molecular weight is 308 g/mol. The van der Waals surface area contributed by atoms with Gasteiger partial charge in [0.15, 0.2) is 0 Å². The molecule has 1 aromatic carbocycles. The SMILES string of the molecule is CO[C@H]1C[C@@H](CO)N(C(=O)NCc2ccc(C(=O)O)cc2)C1. The van der Waals surface area contributed by atoms with E-state index in [1.54, 1.807) is 24.1 Å². The van der Waals surface area contributed by atoms with Gasteiger partial charge in [0.05, 0.1) is 24.3 Å². The molecule has 2 rings (SSSR count). The van der Waals surface area contributed by atoms with Crippen LogP contribution in [0.4, 0.5) is 4.79 Å². The van der Waals surface area contributed by atoms with E-state index in [1.165, 1.54) is 12.1 Å². The minimum Gasteiger partial charge on any atom is -0.478 e. The summed E-state index contributed by atoms with van der Waals surface area (Å²) >= 11 is 0. The first-order valence-electron chi connectivity index (χ1n) is 7.05. The van der Waals surface area contributed by atoms with Crippen LogP contribution in [0.25, 0.3) is 0 Å². The number of likely N-dealkylation sites (tertiary alicyclic amines) is 1. The highest BCUT2D eigenvalue weighted by Crippen LogP contribution is 2.19. The number of hydrogen-bond acceptors (Lipinski definition) is 4. The maximum atomic E-state index is 12.2. The van der Waals surface area contributed by atoms with Crippen LogP contribution >= 0.6 is 0 Å². The number of methoxy groups -OCH3 is 1. The number of aliphatic hydroxyl groups is 1. The van der Waals surface area contributed by atoms with E-state index >= 15 is 0 Å². The molecular formula is C15H20N2O5. The van der Waals surface area contributed by atoms with E-state index in [0.717, 1.165) is 5.56 Å². The van der Waals surface area contributed by atoms with Gasteiger partial charge in [0.2, 0.25) is 0 Å². The average Bonchev–Trinajstić information content (AvgIpc) is 2.96. The van der Waals surface area contributed by atoms with Gasteiger partial charge in [0.1, 0.15) is 0 Å². The van der Waals surface area contributed by atoms with Crippen LogP contribution in [0.3, 0.4) is 0 Å². The second-order valence-corrected chi connectivity index (χ2v) is 5.24. The number of amides is 2. The molecule has 0 unspecified atom stereocenters. The lowest BCUT2D eigenvalue weighted by molar-refractivity contribution is 0.0697. The van der Waals surface area contributed by atoms with Crippen molar-refractivity contribution in [1.29, 1.82) is 0 Å². The van der Waals surface area contributed by atoms with Crippen molar-refractivity contribution in [3.8, 4) is 0 Å². The van der Waals surface area contributed by atoms with Crippen molar-refractivity contribution < 1.29 is 24.5 Å². The molecule has 2 amide bonds. The fourth-order valence-electron chi connectivity index (χ4n) is 2.51. The highest BCUT2D eigenvalue weighted by Gasteiger charge is 2.34. The molecule has 7 heteroatoms. The van der Waals surface area contributed by atoms with Gasteiger partial charge in [0.25, 0.3) is 0 Å². The van der Waals surface area contributed by atoms with Crippen molar-refractivity contribution in [2.24, 2.45) is 0 Å². The molecule has 1 heterocycles. The van der Waals surface area contributed by atoms with E-state index < -0.39 is 5.97 Å².